The molecule has 1 saturated carbocycles. The van der Waals surface area contributed by atoms with Crippen LogP contribution in [-0.4, -0.2) is 59.6 Å². The molecule has 0 N–H and O–H groups in total. The van der Waals surface area contributed by atoms with E-state index < -0.39 is 0 Å². The lowest BCUT2D eigenvalue weighted by atomic mass is 9.91. The molecule has 5 rings (SSSR count). The summed E-state index contributed by atoms with van der Waals surface area (Å²) in [4.78, 5) is 32.6. The fraction of sp³-hybridized carbons (Fsp3) is 0.536. The quantitative estimate of drug-likeness (QED) is 0.538. The van der Waals surface area contributed by atoms with E-state index in [-0.39, 0.29) is 12.0 Å². The number of ether oxygens (including phenoxy) is 2. The van der Waals surface area contributed by atoms with E-state index in [4.69, 9.17) is 9.47 Å². The van der Waals surface area contributed by atoms with Crippen LogP contribution >= 0.6 is 0 Å². The molecule has 0 radical (unpaired) electrons. The summed E-state index contributed by atoms with van der Waals surface area (Å²) in [7, 11) is 0. The number of carbonyl (C=O) groups is 2. The summed E-state index contributed by atoms with van der Waals surface area (Å²) in [5.41, 5.74) is 1.95. The van der Waals surface area contributed by atoms with Gasteiger partial charge in [0.25, 0.3) is 0 Å². The van der Waals surface area contributed by atoms with Crippen molar-refractivity contribution in [1.29, 1.82) is 0 Å². The zero-order chi connectivity index (χ0) is 24.0. The Bertz CT molecular complexity index is 985. The molecule has 0 spiro atoms. The van der Waals surface area contributed by atoms with Crippen molar-refractivity contribution >= 4 is 12.0 Å². The smallest absolute Gasteiger partial charge is 0.410 e. The normalized spacial score (nSPS) is 21.8. The Morgan fingerprint density at radius 1 is 0.943 bits per heavy atom. The summed E-state index contributed by atoms with van der Waals surface area (Å²) >= 11 is 0. The van der Waals surface area contributed by atoms with Crippen LogP contribution in [0.25, 0.3) is 0 Å². The number of aromatic nitrogens is 1. The summed E-state index contributed by atoms with van der Waals surface area (Å²) in [6, 6.07) is 13.6. The van der Waals surface area contributed by atoms with Gasteiger partial charge in [-0.25, -0.2) is 9.78 Å². The molecule has 35 heavy (non-hydrogen) atoms. The maximum Gasteiger partial charge on any atom is 0.410 e. The SMILES string of the molecule is O=C(Cc1ccc(OCCC2CC2C2CCN(C(=O)OCc3ccccc3)CC2)nc1)N1CCC1. The molecule has 2 atom stereocenters. The molecule has 3 fully saturated rings. The monoisotopic (exact) mass is 477 g/mol. The van der Waals surface area contributed by atoms with Crippen molar-refractivity contribution in [1.82, 2.24) is 14.8 Å². The lowest BCUT2D eigenvalue weighted by molar-refractivity contribution is -0.133. The molecule has 0 bridgehead atoms. The first-order valence-corrected chi connectivity index (χ1v) is 13.0. The number of benzene rings is 1. The van der Waals surface area contributed by atoms with Gasteiger partial charge < -0.3 is 19.3 Å². The molecule has 186 valence electrons. The van der Waals surface area contributed by atoms with Gasteiger partial charge in [-0.05, 0) is 61.0 Å². The molecule has 7 nitrogen and oxygen atoms in total. The van der Waals surface area contributed by atoms with Crippen LogP contribution in [-0.2, 0) is 22.6 Å². The molecule has 2 saturated heterocycles. The number of likely N-dealkylation sites (tertiary alicyclic amines) is 2. The molecule has 1 aliphatic carbocycles. The van der Waals surface area contributed by atoms with E-state index in [2.05, 4.69) is 4.98 Å². The number of carbonyl (C=O) groups excluding carboxylic acids is 2. The van der Waals surface area contributed by atoms with Crippen LogP contribution in [0.3, 0.4) is 0 Å². The standard InChI is InChI=1S/C28H35N3O4/c32-27(30-12-4-13-30)17-22-7-8-26(29-19-22)34-16-11-24-18-25(24)23-9-14-31(15-10-23)28(33)35-20-21-5-2-1-3-6-21/h1-3,5-8,19,23-25H,4,9-18,20H2. The number of rotatable bonds is 9. The molecule has 3 heterocycles. The number of amides is 2. The van der Waals surface area contributed by atoms with Crippen molar-refractivity contribution in [3.05, 3.63) is 59.8 Å². The second-order valence-electron chi connectivity index (χ2n) is 10.1. The van der Waals surface area contributed by atoms with Gasteiger partial charge in [0.05, 0.1) is 13.0 Å². The van der Waals surface area contributed by atoms with Crippen LogP contribution < -0.4 is 4.74 Å². The topological polar surface area (TPSA) is 72.0 Å². The molecular weight excluding hydrogens is 442 g/mol. The third kappa shape index (κ3) is 6.32. The van der Waals surface area contributed by atoms with Gasteiger partial charge in [-0.3, -0.25) is 4.79 Å². The van der Waals surface area contributed by atoms with Gasteiger partial charge in [0.1, 0.15) is 6.61 Å². The molecule has 1 aromatic heterocycles. The highest BCUT2D eigenvalue weighted by Gasteiger charge is 2.43. The number of piperidine rings is 1. The molecule has 2 amide bonds. The summed E-state index contributed by atoms with van der Waals surface area (Å²) in [5.74, 6) is 2.97. The third-order valence-electron chi connectivity index (χ3n) is 7.69. The molecular formula is C28H35N3O4. The number of nitrogens with zero attached hydrogens (tertiary/aromatic N) is 3. The van der Waals surface area contributed by atoms with E-state index in [1.165, 1.54) is 6.42 Å². The minimum Gasteiger partial charge on any atom is -0.478 e. The lowest BCUT2D eigenvalue weighted by Gasteiger charge is -2.31. The Hall–Kier alpha value is -3.09. The van der Waals surface area contributed by atoms with Crippen LogP contribution in [0.1, 0.15) is 43.2 Å². The predicted octanol–water partition coefficient (Wildman–Crippen LogP) is 4.31. The summed E-state index contributed by atoms with van der Waals surface area (Å²) in [6.45, 7) is 4.35. The Labute approximate surface area is 207 Å². The minimum atomic E-state index is -0.198. The molecule has 2 aromatic rings. The van der Waals surface area contributed by atoms with E-state index in [0.717, 1.165) is 68.9 Å². The van der Waals surface area contributed by atoms with Crippen molar-refractivity contribution in [3.8, 4) is 5.88 Å². The average Bonchev–Trinajstić information content (AvgIpc) is 3.63. The predicted molar refractivity (Wildman–Crippen MR) is 132 cm³/mol. The van der Waals surface area contributed by atoms with Gasteiger partial charge in [-0.1, -0.05) is 36.4 Å². The molecule has 7 heteroatoms. The van der Waals surface area contributed by atoms with Crippen molar-refractivity contribution in [3.63, 3.8) is 0 Å². The van der Waals surface area contributed by atoms with E-state index in [1.807, 2.05) is 52.3 Å². The lowest BCUT2D eigenvalue weighted by Crippen LogP contribution is -2.42. The van der Waals surface area contributed by atoms with Gasteiger partial charge in [-0.2, -0.15) is 0 Å². The van der Waals surface area contributed by atoms with Gasteiger partial charge in [-0.15, -0.1) is 0 Å². The first-order chi connectivity index (χ1) is 17.2. The highest BCUT2D eigenvalue weighted by Crippen LogP contribution is 2.49. The number of pyridine rings is 1. The zero-order valence-corrected chi connectivity index (χ0v) is 20.3. The maximum absolute atomic E-state index is 12.4. The van der Waals surface area contributed by atoms with Gasteiger partial charge in [0.15, 0.2) is 0 Å². The van der Waals surface area contributed by atoms with Crippen LogP contribution in [0.15, 0.2) is 48.7 Å². The number of hydrogen-bond acceptors (Lipinski definition) is 5. The van der Waals surface area contributed by atoms with Crippen LogP contribution in [0.4, 0.5) is 4.79 Å². The molecule has 2 aliphatic heterocycles. The fourth-order valence-corrected chi connectivity index (χ4v) is 5.27. The van der Waals surface area contributed by atoms with E-state index in [1.54, 1.807) is 6.20 Å². The van der Waals surface area contributed by atoms with E-state index in [0.29, 0.717) is 37.4 Å². The Morgan fingerprint density at radius 2 is 1.74 bits per heavy atom. The Kier molecular flexibility index (Phi) is 7.50. The van der Waals surface area contributed by atoms with Crippen molar-refractivity contribution < 1.29 is 19.1 Å². The van der Waals surface area contributed by atoms with Crippen LogP contribution in [0, 0.1) is 17.8 Å². The maximum atomic E-state index is 12.4. The average molecular weight is 478 g/mol. The Balaban J connectivity index is 0.959. The summed E-state index contributed by atoms with van der Waals surface area (Å²) in [5, 5.41) is 0. The zero-order valence-electron chi connectivity index (χ0n) is 20.3. The van der Waals surface area contributed by atoms with E-state index in [9.17, 15) is 9.59 Å². The van der Waals surface area contributed by atoms with Crippen molar-refractivity contribution in [2.24, 2.45) is 17.8 Å². The first-order valence-electron chi connectivity index (χ1n) is 13.0. The minimum absolute atomic E-state index is 0.182. The molecule has 3 aliphatic rings. The second kappa shape index (κ2) is 11.1. The van der Waals surface area contributed by atoms with Crippen molar-refractivity contribution in [2.45, 2.75) is 45.1 Å². The molecule has 2 unspecified atom stereocenters. The van der Waals surface area contributed by atoms with Crippen LogP contribution in [0.5, 0.6) is 5.88 Å². The second-order valence-corrected chi connectivity index (χ2v) is 10.1. The summed E-state index contributed by atoms with van der Waals surface area (Å²) < 4.78 is 11.4. The number of hydrogen-bond donors (Lipinski definition) is 0. The van der Waals surface area contributed by atoms with Gasteiger partial charge in [0, 0.05) is 38.4 Å². The Morgan fingerprint density at radius 3 is 2.43 bits per heavy atom. The largest absolute Gasteiger partial charge is 0.478 e. The van der Waals surface area contributed by atoms with Gasteiger partial charge in [0.2, 0.25) is 11.8 Å². The highest BCUT2D eigenvalue weighted by molar-refractivity contribution is 5.79. The summed E-state index contributed by atoms with van der Waals surface area (Å²) in [6.07, 6.45) is 7.51. The third-order valence-corrected chi connectivity index (χ3v) is 7.69. The molecule has 1 aromatic carbocycles. The van der Waals surface area contributed by atoms with Crippen molar-refractivity contribution in [2.75, 3.05) is 32.8 Å². The van der Waals surface area contributed by atoms with Crippen LogP contribution in [0.2, 0.25) is 0 Å². The van der Waals surface area contributed by atoms with Gasteiger partial charge >= 0.3 is 6.09 Å². The van der Waals surface area contributed by atoms with E-state index >= 15 is 0 Å². The highest BCUT2D eigenvalue weighted by atomic mass is 16.6. The fourth-order valence-electron chi connectivity index (χ4n) is 5.27. The first kappa shape index (κ1) is 23.6.